The van der Waals surface area contributed by atoms with E-state index in [9.17, 15) is 0 Å². The van der Waals surface area contributed by atoms with Crippen molar-refractivity contribution in [2.75, 3.05) is 20.3 Å². The molecule has 1 saturated heterocycles. The van der Waals surface area contributed by atoms with Crippen LogP contribution in [-0.4, -0.2) is 31.2 Å². The van der Waals surface area contributed by atoms with Gasteiger partial charge in [-0.15, -0.1) is 0 Å². The Morgan fingerprint density at radius 3 is 2.35 bits per heavy atom. The summed E-state index contributed by atoms with van der Waals surface area (Å²) in [5, 5.41) is 0. The van der Waals surface area contributed by atoms with Gasteiger partial charge >= 0.3 is 0 Å². The molecule has 0 aromatic heterocycles. The average molecular weight is 234 g/mol. The van der Waals surface area contributed by atoms with Crippen molar-refractivity contribution in [1.82, 2.24) is 4.90 Å². The molecule has 0 bridgehead atoms. The molecular formula is C14H22N2O. The number of benzene rings is 1. The number of nitrogens with zero attached hydrogens (tertiary/aromatic N) is 1. The molecule has 0 unspecified atom stereocenters. The minimum Gasteiger partial charge on any atom is -0.381 e. The van der Waals surface area contributed by atoms with Crippen molar-refractivity contribution in [2.24, 2.45) is 5.73 Å². The smallest absolute Gasteiger partial charge is 0.0480 e. The van der Waals surface area contributed by atoms with E-state index in [-0.39, 0.29) is 0 Å². The van der Waals surface area contributed by atoms with Crippen molar-refractivity contribution in [3.05, 3.63) is 35.4 Å². The first-order valence-electron chi connectivity index (χ1n) is 6.35. The summed E-state index contributed by atoms with van der Waals surface area (Å²) in [7, 11) is 2.20. The summed E-state index contributed by atoms with van der Waals surface area (Å²) >= 11 is 0. The number of hydrogen-bond donors (Lipinski definition) is 1. The minimum absolute atomic E-state index is 0.621. The van der Waals surface area contributed by atoms with Gasteiger partial charge in [0.1, 0.15) is 0 Å². The van der Waals surface area contributed by atoms with Gasteiger partial charge in [-0.3, -0.25) is 4.90 Å². The lowest BCUT2D eigenvalue weighted by Gasteiger charge is -2.31. The quantitative estimate of drug-likeness (QED) is 0.862. The van der Waals surface area contributed by atoms with Crippen molar-refractivity contribution in [3.63, 3.8) is 0 Å². The predicted molar refractivity (Wildman–Crippen MR) is 69.6 cm³/mol. The van der Waals surface area contributed by atoms with Crippen LogP contribution in [-0.2, 0) is 17.8 Å². The Bertz CT molecular complexity index is 331. The molecule has 3 heteroatoms. The van der Waals surface area contributed by atoms with E-state index < -0.39 is 0 Å². The van der Waals surface area contributed by atoms with Gasteiger partial charge in [0.15, 0.2) is 0 Å². The van der Waals surface area contributed by atoms with E-state index in [0.717, 1.165) is 32.6 Å². The third-order valence-corrected chi connectivity index (χ3v) is 3.50. The van der Waals surface area contributed by atoms with Gasteiger partial charge in [-0.25, -0.2) is 0 Å². The highest BCUT2D eigenvalue weighted by atomic mass is 16.5. The van der Waals surface area contributed by atoms with Crippen LogP contribution < -0.4 is 5.73 Å². The molecule has 3 nitrogen and oxygen atoms in total. The molecule has 0 amide bonds. The third kappa shape index (κ3) is 3.53. The standard InChI is InChI=1S/C14H22N2O/c1-16(14-6-8-17-9-7-14)11-13-4-2-12(10-15)3-5-13/h2-5,14H,6-11,15H2,1H3. The van der Waals surface area contributed by atoms with E-state index in [1.54, 1.807) is 0 Å². The van der Waals surface area contributed by atoms with Crippen LogP contribution in [0, 0.1) is 0 Å². The van der Waals surface area contributed by atoms with E-state index in [1.165, 1.54) is 11.1 Å². The second-order valence-electron chi connectivity index (χ2n) is 4.78. The van der Waals surface area contributed by atoms with Gasteiger partial charge in [-0.05, 0) is 31.0 Å². The zero-order chi connectivity index (χ0) is 12.1. The zero-order valence-electron chi connectivity index (χ0n) is 10.6. The van der Waals surface area contributed by atoms with Crippen molar-refractivity contribution >= 4 is 0 Å². The largest absolute Gasteiger partial charge is 0.381 e. The molecule has 1 aromatic carbocycles. The van der Waals surface area contributed by atoms with Gasteiger partial charge in [0.25, 0.3) is 0 Å². The maximum atomic E-state index is 5.59. The molecule has 17 heavy (non-hydrogen) atoms. The molecule has 0 spiro atoms. The van der Waals surface area contributed by atoms with Crippen molar-refractivity contribution in [3.8, 4) is 0 Å². The summed E-state index contributed by atoms with van der Waals surface area (Å²) in [5.41, 5.74) is 8.15. The maximum Gasteiger partial charge on any atom is 0.0480 e. The molecule has 2 rings (SSSR count). The zero-order valence-corrected chi connectivity index (χ0v) is 10.6. The van der Waals surface area contributed by atoms with Crippen LogP contribution in [0.4, 0.5) is 0 Å². The predicted octanol–water partition coefficient (Wildman–Crippen LogP) is 1.76. The summed E-state index contributed by atoms with van der Waals surface area (Å²) in [5.74, 6) is 0. The van der Waals surface area contributed by atoms with Gasteiger partial charge in [0.05, 0.1) is 0 Å². The Morgan fingerprint density at radius 1 is 1.18 bits per heavy atom. The second kappa shape index (κ2) is 6.15. The van der Waals surface area contributed by atoms with Crippen LogP contribution in [0.3, 0.4) is 0 Å². The fourth-order valence-electron chi connectivity index (χ4n) is 2.32. The van der Waals surface area contributed by atoms with E-state index in [1.807, 2.05) is 0 Å². The highest BCUT2D eigenvalue weighted by molar-refractivity contribution is 5.22. The average Bonchev–Trinajstić information content (AvgIpc) is 2.40. The third-order valence-electron chi connectivity index (χ3n) is 3.50. The van der Waals surface area contributed by atoms with Crippen molar-refractivity contribution < 1.29 is 4.74 Å². The van der Waals surface area contributed by atoms with E-state index in [0.29, 0.717) is 12.6 Å². The molecule has 1 fully saturated rings. The number of nitrogens with two attached hydrogens (primary N) is 1. The maximum absolute atomic E-state index is 5.59. The second-order valence-corrected chi connectivity index (χ2v) is 4.78. The lowest BCUT2D eigenvalue weighted by Crippen LogP contribution is -2.36. The Morgan fingerprint density at radius 2 is 1.76 bits per heavy atom. The van der Waals surface area contributed by atoms with Gasteiger partial charge in [-0.1, -0.05) is 24.3 Å². The summed E-state index contributed by atoms with van der Waals surface area (Å²) in [6.07, 6.45) is 2.30. The van der Waals surface area contributed by atoms with Gasteiger partial charge in [0.2, 0.25) is 0 Å². The molecule has 94 valence electrons. The summed E-state index contributed by atoms with van der Waals surface area (Å²) in [6, 6.07) is 9.26. The van der Waals surface area contributed by atoms with Crippen LogP contribution in [0.1, 0.15) is 24.0 Å². The fourth-order valence-corrected chi connectivity index (χ4v) is 2.32. The molecular weight excluding hydrogens is 212 g/mol. The number of ether oxygens (including phenoxy) is 1. The first kappa shape index (κ1) is 12.6. The summed E-state index contributed by atoms with van der Waals surface area (Å²) in [6.45, 7) is 3.44. The number of hydrogen-bond acceptors (Lipinski definition) is 3. The van der Waals surface area contributed by atoms with Gasteiger partial charge in [0, 0.05) is 32.3 Å². The molecule has 1 aliphatic heterocycles. The Kier molecular flexibility index (Phi) is 4.54. The minimum atomic E-state index is 0.621. The Hall–Kier alpha value is -0.900. The van der Waals surface area contributed by atoms with Crippen LogP contribution in [0.25, 0.3) is 0 Å². The van der Waals surface area contributed by atoms with Gasteiger partial charge in [-0.2, -0.15) is 0 Å². The number of rotatable bonds is 4. The van der Waals surface area contributed by atoms with Crippen LogP contribution in [0.15, 0.2) is 24.3 Å². The SMILES string of the molecule is CN(Cc1ccc(CN)cc1)C1CCOCC1. The molecule has 0 aliphatic carbocycles. The highest BCUT2D eigenvalue weighted by Crippen LogP contribution is 2.15. The van der Waals surface area contributed by atoms with E-state index in [2.05, 4.69) is 36.2 Å². The van der Waals surface area contributed by atoms with E-state index in [4.69, 9.17) is 10.5 Å². The first-order chi connectivity index (χ1) is 8.29. The van der Waals surface area contributed by atoms with Crippen molar-refractivity contribution in [1.29, 1.82) is 0 Å². The van der Waals surface area contributed by atoms with Crippen molar-refractivity contribution in [2.45, 2.75) is 32.0 Å². The lowest BCUT2D eigenvalue weighted by atomic mass is 10.1. The fraction of sp³-hybridized carbons (Fsp3) is 0.571. The summed E-state index contributed by atoms with van der Waals surface area (Å²) < 4.78 is 5.39. The van der Waals surface area contributed by atoms with Crippen LogP contribution in [0.5, 0.6) is 0 Å². The van der Waals surface area contributed by atoms with Crippen LogP contribution in [0.2, 0.25) is 0 Å². The van der Waals surface area contributed by atoms with Crippen LogP contribution >= 0.6 is 0 Å². The van der Waals surface area contributed by atoms with E-state index >= 15 is 0 Å². The molecule has 0 saturated carbocycles. The Balaban J connectivity index is 1.89. The molecule has 2 N–H and O–H groups in total. The topological polar surface area (TPSA) is 38.5 Å². The molecule has 0 radical (unpaired) electrons. The molecule has 0 atom stereocenters. The summed E-state index contributed by atoms with van der Waals surface area (Å²) in [4.78, 5) is 2.43. The highest BCUT2D eigenvalue weighted by Gasteiger charge is 2.18. The first-order valence-corrected chi connectivity index (χ1v) is 6.35. The normalized spacial score (nSPS) is 17.6. The molecule has 1 aromatic rings. The Labute approximate surface area is 104 Å². The molecule has 1 aliphatic rings. The lowest BCUT2D eigenvalue weighted by molar-refractivity contribution is 0.0407. The van der Waals surface area contributed by atoms with Gasteiger partial charge < -0.3 is 10.5 Å². The molecule has 1 heterocycles. The monoisotopic (exact) mass is 234 g/mol.